The SMILES string of the molecule is c1cc(-c2noc(CN3CCCN(CC4CCCO4)CC3)n2)cs1. The highest BCUT2D eigenvalue weighted by Gasteiger charge is 2.22. The molecule has 2 fully saturated rings. The molecule has 2 aromatic rings. The first kappa shape index (κ1) is 16.2. The van der Waals surface area contributed by atoms with E-state index in [9.17, 15) is 0 Å². The molecule has 0 amide bonds. The van der Waals surface area contributed by atoms with E-state index in [0.29, 0.717) is 17.8 Å². The molecule has 2 aromatic heterocycles. The average Bonchev–Trinajstić information content (AvgIpc) is 3.31. The predicted molar refractivity (Wildman–Crippen MR) is 92.9 cm³/mol. The standard InChI is InChI=1S/C17H24N4O2S/c1-3-15(22-9-1)11-20-5-2-6-21(8-7-20)12-16-18-17(19-23-16)14-4-10-24-13-14/h4,10,13,15H,1-3,5-9,11-12H2. The number of hydrogen-bond donors (Lipinski definition) is 0. The Morgan fingerprint density at radius 1 is 1.17 bits per heavy atom. The summed E-state index contributed by atoms with van der Waals surface area (Å²) in [6, 6.07) is 2.02. The lowest BCUT2D eigenvalue weighted by Gasteiger charge is -2.23. The maximum Gasteiger partial charge on any atom is 0.241 e. The van der Waals surface area contributed by atoms with E-state index in [1.165, 1.54) is 19.3 Å². The molecule has 6 nitrogen and oxygen atoms in total. The van der Waals surface area contributed by atoms with Gasteiger partial charge in [0.2, 0.25) is 11.7 Å². The molecule has 0 radical (unpaired) electrons. The molecule has 130 valence electrons. The van der Waals surface area contributed by atoms with Crippen molar-refractivity contribution in [2.45, 2.75) is 31.9 Å². The number of aromatic nitrogens is 2. The minimum atomic E-state index is 0.445. The molecule has 1 atom stereocenters. The van der Waals surface area contributed by atoms with Gasteiger partial charge in [0, 0.05) is 37.2 Å². The van der Waals surface area contributed by atoms with Crippen LogP contribution in [0.3, 0.4) is 0 Å². The molecule has 0 bridgehead atoms. The van der Waals surface area contributed by atoms with Gasteiger partial charge >= 0.3 is 0 Å². The zero-order chi connectivity index (χ0) is 16.2. The van der Waals surface area contributed by atoms with Crippen molar-refractivity contribution in [1.29, 1.82) is 0 Å². The topological polar surface area (TPSA) is 54.6 Å². The van der Waals surface area contributed by atoms with Crippen LogP contribution in [-0.4, -0.2) is 65.4 Å². The third-order valence-electron chi connectivity index (χ3n) is 4.77. The first-order valence-electron chi connectivity index (χ1n) is 8.78. The van der Waals surface area contributed by atoms with Crippen LogP contribution >= 0.6 is 11.3 Å². The third-order valence-corrected chi connectivity index (χ3v) is 5.46. The molecule has 4 heterocycles. The number of ether oxygens (including phenoxy) is 1. The van der Waals surface area contributed by atoms with Crippen molar-refractivity contribution in [3.05, 3.63) is 22.7 Å². The Hall–Kier alpha value is -1.28. The molecule has 7 heteroatoms. The quantitative estimate of drug-likeness (QED) is 0.827. The molecule has 0 spiro atoms. The Morgan fingerprint density at radius 3 is 2.92 bits per heavy atom. The summed E-state index contributed by atoms with van der Waals surface area (Å²) < 4.78 is 11.2. The van der Waals surface area contributed by atoms with E-state index in [2.05, 4.69) is 19.9 Å². The molecular weight excluding hydrogens is 324 g/mol. The van der Waals surface area contributed by atoms with Crippen LogP contribution in [0.4, 0.5) is 0 Å². The highest BCUT2D eigenvalue weighted by molar-refractivity contribution is 7.08. The van der Waals surface area contributed by atoms with E-state index in [1.807, 2.05) is 16.8 Å². The number of hydrogen-bond acceptors (Lipinski definition) is 7. The highest BCUT2D eigenvalue weighted by atomic mass is 32.1. The maximum atomic E-state index is 5.77. The van der Waals surface area contributed by atoms with Crippen molar-refractivity contribution in [1.82, 2.24) is 19.9 Å². The van der Waals surface area contributed by atoms with Gasteiger partial charge in [-0.25, -0.2) is 0 Å². The summed E-state index contributed by atoms with van der Waals surface area (Å²) in [6.45, 7) is 7.13. The molecule has 0 aromatic carbocycles. The van der Waals surface area contributed by atoms with Crippen molar-refractivity contribution in [2.24, 2.45) is 0 Å². The zero-order valence-electron chi connectivity index (χ0n) is 13.9. The number of nitrogens with zero attached hydrogens (tertiary/aromatic N) is 4. The van der Waals surface area contributed by atoms with Crippen LogP contribution in [0.5, 0.6) is 0 Å². The van der Waals surface area contributed by atoms with Crippen LogP contribution in [0.25, 0.3) is 11.4 Å². The smallest absolute Gasteiger partial charge is 0.241 e. The fraction of sp³-hybridized carbons (Fsp3) is 0.647. The van der Waals surface area contributed by atoms with Gasteiger partial charge in [-0.1, -0.05) is 5.16 Å². The molecule has 2 aliphatic rings. The largest absolute Gasteiger partial charge is 0.377 e. The maximum absolute atomic E-state index is 5.77. The Labute approximate surface area is 146 Å². The summed E-state index contributed by atoms with van der Waals surface area (Å²) >= 11 is 1.65. The first-order valence-corrected chi connectivity index (χ1v) is 9.72. The fourth-order valence-corrected chi connectivity index (χ4v) is 4.10. The lowest BCUT2D eigenvalue weighted by atomic mass is 10.2. The van der Waals surface area contributed by atoms with Gasteiger partial charge in [0.15, 0.2) is 0 Å². The highest BCUT2D eigenvalue weighted by Crippen LogP contribution is 2.19. The van der Waals surface area contributed by atoms with Crippen molar-refractivity contribution in [3.63, 3.8) is 0 Å². The predicted octanol–water partition coefficient (Wildman–Crippen LogP) is 2.48. The summed E-state index contributed by atoms with van der Waals surface area (Å²) in [7, 11) is 0. The van der Waals surface area contributed by atoms with E-state index in [4.69, 9.17) is 9.26 Å². The molecule has 2 aliphatic heterocycles. The minimum absolute atomic E-state index is 0.445. The number of rotatable bonds is 5. The van der Waals surface area contributed by atoms with Gasteiger partial charge in [0.05, 0.1) is 12.6 Å². The van der Waals surface area contributed by atoms with Gasteiger partial charge in [0.25, 0.3) is 0 Å². The third kappa shape index (κ3) is 4.03. The summed E-state index contributed by atoms with van der Waals surface area (Å²) in [6.07, 6.45) is 4.06. The van der Waals surface area contributed by atoms with Crippen LogP contribution in [0.1, 0.15) is 25.2 Å². The fourth-order valence-electron chi connectivity index (χ4n) is 3.46. The molecule has 4 rings (SSSR count). The van der Waals surface area contributed by atoms with Gasteiger partial charge in [-0.3, -0.25) is 9.80 Å². The van der Waals surface area contributed by atoms with Gasteiger partial charge in [-0.15, -0.1) is 0 Å². The lowest BCUT2D eigenvalue weighted by molar-refractivity contribution is 0.0741. The van der Waals surface area contributed by atoms with Crippen LogP contribution in [0.15, 0.2) is 21.3 Å². The van der Waals surface area contributed by atoms with Crippen molar-refractivity contribution < 1.29 is 9.26 Å². The van der Waals surface area contributed by atoms with E-state index >= 15 is 0 Å². The van der Waals surface area contributed by atoms with Crippen LogP contribution < -0.4 is 0 Å². The van der Waals surface area contributed by atoms with Gasteiger partial charge in [-0.2, -0.15) is 16.3 Å². The number of thiophene rings is 1. The molecule has 0 N–H and O–H groups in total. The van der Waals surface area contributed by atoms with Gasteiger partial charge < -0.3 is 9.26 Å². The molecular formula is C17H24N4O2S. The van der Waals surface area contributed by atoms with Gasteiger partial charge in [0.1, 0.15) is 0 Å². The lowest BCUT2D eigenvalue weighted by Crippen LogP contribution is -2.35. The Bertz CT molecular complexity index is 624. The van der Waals surface area contributed by atoms with Crippen LogP contribution in [-0.2, 0) is 11.3 Å². The van der Waals surface area contributed by atoms with E-state index in [-0.39, 0.29) is 0 Å². The summed E-state index contributed by atoms with van der Waals surface area (Å²) in [5.41, 5.74) is 1.04. The van der Waals surface area contributed by atoms with E-state index in [1.54, 1.807) is 11.3 Å². The Kier molecular flexibility index (Phi) is 5.22. The molecule has 2 saturated heterocycles. The first-order chi connectivity index (χ1) is 11.9. The van der Waals surface area contributed by atoms with Crippen molar-refractivity contribution in [2.75, 3.05) is 39.3 Å². The second kappa shape index (κ2) is 7.74. The molecule has 0 aliphatic carbocycles. The zero-order valence-corrected chi connectivity index (χ0v) is 14.7. The summed E-state index contributed by atoms with van der Waals surface area (Å²) in [5, 5.41) is 8.17. The molecule has 0 saturated carbocycles. The second-order valence-corrected chi connectivity index (χ2v) is 7.37. The molecule has 24 heavy (non-hydrogen) atoms. The monoisotopic (exact) mass is 348 g/mol. The Balaban J connectivity index is 1.29. The Morgan fingerprint density at radius 2 is 2.08 bits per heavy atom. The molecule has 1 unspecified atom stereocenters. The second-order valence-electron chi connectivity index (χ2n) is 6.59. The van der Waals surface area contributed by atoms with E-state index < -0.39 is 0 Å². The van der Waals surface area contributed by atoms with Crippen LogP contribution in [0.2, 0.25) is 0 Å². The van der Waals surface area contributed by atoms with Crippen molar-refractivity contribution >= 4 is 11.3 Å². The van der Waals surface area contributed by atoms with Gasteiger partial charge in [-0.05, 0) is 43.8 Å². The average molecular weight is 348 g/mol. The summed E-state index contributed by atoms with van der Waals surface area (Å²) in [5.74, 6) is 1.41. The van der Waals surface area contributed by atoms with Crippen molar-refractivity contribution in [3.8, 4) is 11.4 Å². The van der Waals surface area contributed by atoms with Crippen LogP contribution in [0, 0.1) is 0 Å². The van der Waals surface area contributed by atoms with E-state index in [0.717, 1.165) is 51.4 Å². The minimum Gasteiger partial charge on any atom is -0.377 e. The summed E-state index contributed by atoms with van der Waals surface area (Å²) in [4.78, 5) is 9.49. The normalized spacial score (nSPS) is 23.6.